The molecule has 0 aliphatic rings. The number of hydrogen-bond acceptors (Lipinski definition) is 5. The van der Waals surface area contributed by atoms with E-state index in [0.717, 1.165) is 18.3 Å². The maximum atomic E-state index is 13.3. The number of amides is 3. The second kappa shape index (κ2) is 13.4. The molecule has 0 aromatic heterocycles. The van der Waals surface area contributed by atoms with E-state index in [1.165, 1.54) is 0 Å². The molecule has 1 aromatic rings. The van der Waals surface area contributed by atoms with Gasteiger partial charge in [-0.1, -0.05) is 71.9 Å². The fourth-order valence-electron chi connectivity index (χ4n) is 4.88. The summed E-state index contributed by atoms with van der Waals surface area (Å²) in [5.74, 6) is -1.05. The molecule has 0 heterocycles. The van der Waals surface area contributed by atoms with Gasteiger partial charge in [0.05, 0.1) is 0 Å². The van der Waals surface area contributed by atoms with E-state index in [1.807, 2.05) is 37.4 Å². The lowest BCUT2D eigenvalue weighted by atomic mass is 9.75. The normalized spacial score (nSPS) is 14.3. The van der Waals surface area contributed by atoms with Crippen LogP contribution >= 0.6 is 0 Å². The summed E-state index contributed by atoms with van der Waals surface area (Å²) >= 11 is 0. The van der Waals surface area contributed by atoms with Gasteiger partial charge in [0.25, 0.3) is 0 Å². The van der Waals surface area contributed by atoms with E-state index >= 15 is 0 Å². The van der Waals surface area contributed by atoms with Crippen LogP contribution < -0.4 is 21.3 Å². The van der Waals surface area contributed by atoms with Crippen LogP contribution in [0.3, 0.4) is 0 Å². The van der Waals surface area contributed by atoms with Gasteiger partial charge in [-0.15, -0.1) is 0 Å². The zero-order valence-electron chi connectivity index (χ0n) is 25.1. The summed E-state index contributed by atoms with van der Waals surface area (Å²) in [7, 11) is 1.92. The molecular weight excluding hydrogens is 480 g/mol. The average Bonchev–Trinajstić information content (AvgIpc) is 2.81. The molecule has 0 radical (unpaired) electrons. The van der Waals surface area contributed by atoms with Crippen molar-refractivity contribution in [3.63, 3.8) is 0 Å². The molecule has 0 bridgehead atoms. The SMILES string of the molecule is CNC(C)(C)CC(C)(C)CNC(=O)[C@H](C)NC(=O)[C@H](Cc1ccccc1)NC(=O)C(C)(C)CC(C)(C)C=O. The highest BCUT2D eigenvalue weighted by molar-refractivity contribution is 5.93. The molecule has 38 heavy (non-hydrogen) atoms. The molecule has 214 valence electrons. The maximum Gasteiger partial charge on any atom is 0.243 e. The molecule has 1 rings (SSSR count). The lowest BCUT2D eigenvalue weighted by molar-refractivity contribution is -0.136. The van der Waals surface area contributed by atoms with Gasteiger partial charge in [-0.3, -0.25) is 14.4 Å². The third-order valence-electron chi connectivity index (χ3n) is 6.83. The van der Waals surface area contributed by atoms with Gasteiger partial charge in [-0.05, 0) is 51.6 Å². The number of aldehydes is 1. The zero-order chi connectivity index (χ0) is 29.4. The van der Waals surface area contributed by atoms with E-state index in [4.69, 9.17) is 0 Å². The number of rotatable bonds is 15. The first-order valence-electron chi connectivity index (χ1n) is 13.4. The highest BCUT2D eigenvalue weighted by atomic mass is 16.2. The minimum atomic E-state index is -0.883. The van der Waals surface area contributed by atoms with Crippen LogP contribution in [0, 0.1) is 16.2 Å². The Labute approximate surface area is 229 Å². The van der Waals surface area contributed by atoms with E-state index in [0.29, 0.717) is 13.0 Å². The molecule has 4 N–H and O–H groups in total. The van der Waals surface area contributed by atoms with Crippen LogP contribution in [0.2, 0.25) is 0 Å². The summed E-state index contributed by atoms with van der Waals surface area (Å²) in [5.41, 5.74) is -0.914. The lowest BCUT2D eigenvalue weighted by Gasteiger charge is -2.35. The highest BCUT2D eigenvalue weighted by Gasteiger charge is 2.37. The number of benzene rings is 1. The van der Waals surface area contributed by atoms with Crippen molar-refractivity contribution < 1.29 is 19.2 Å². The smallest absolute Gasteiger partial charge is 0.243 e. The highest BCUT2D eigenvalue weighted by Crippen LogP contribution is 2.32. The van der Waals surface area contributed by atoms with Gasteiger partial charge in [0.1, 0.15) is 18.4 Å². The molecule has 1 aromatic carbocycles. The topological polar surface area (TPSA) is 116 Å². The molecule has 0 fully saturated rings. The van der Waals surface area contributed by atoms with E-state index in [9.17, 15) is 19.2 Å². The van der Waals surface area contributed by atoms with Crippen molar-refractivity contribution >= 4 is 24.0 Å². The van der Waals surface area contributed by atoms with E-state index in [2.05, 4.69) is 49.0 Å². The molecule has 0 aliphatic carbocycles. The predicted molar refractivity (Wildman–Crippen MR) is 152 cm³/mol. The fourth-order valence-corrected chi connectivity index (χ4v) is 4.88. The van der Waals surface area contributed by atoms with Crippen LogP contribution in [-0.4, -0.2) is 55.2 Å². The molecule has 0 spiro atoms. The van der Waals surface area contributed by atoms with Crippen molar-refractivity contribution in [1.29, 1.82) is 0 Å². The van der Waals surface area contributed by atoms with Gasteiger partial charge >= 0.3 is 0 Å². The Balaban J connectivity index is 2.94. The minimum absolute atomic E-state index is 0.0777. The van der Waals surface area contributed by atoms with E-state index < -0.39 is 28.8 Å². The van der Waals surface area contributed by atoms with Crippen molar-refractivity contribution in [3.05, 3.63) is 35.9 Å². The first kappa shape index (κ1) is 33.3. The Bertz CT molecular complexity index is 954. The Kier molecular flexibility index (Phi) is 11.7. The molecule has 8 nitrogen and oxygen atoms in total. The zero-order valence-corrected chi connectivity index (χ0v) is 25.1. The van der Waals surface area contributed by atoms with Gasteiger partial charge in [-0.2, -0.15) is 0 Å². The van der Waals surface area contributed by atoms with Gasteiger partial charge < -0.3 is 26.1 Å². The van der Waals surface area contributed by atoms with Gasteiger partial charge in [0, 0.05) is 29.3 Å². The van der Waals surface area contributed by atoms with Gasteiger partial charge in [-0.25, -0.2) is 0 Å². The summed E-state index contributed by atoms with van der Waals surface area (Å²) in [6.45, 7) is 17.6. The second-order valence-electron chi connectivity index (χ2n) is 13.3. The summed E-state index contributed by atoms with van der Waals surface area (Å²) in [6.07, 6.45) is 2.29. The Morgan fingerprint density at radius 3 is 1.97 bits per heavy atom. The fraction of sp³-hybridized carbons (Fsp3) is 0.667. The van der Waals surface area contributed by atoms with Gasteiger partial charge in [0.2, 0.25) is 17.7 Å². The molecule has 2 atom stereocenters. The summed E-state index contributed by atoms with van der Waals surface area (Å²) < 4.78 is 0. The Morgan fingerprint density at radius 2 is 1.45 bits per heavy atom. The largest absolute Gasteiger partial charge is 0.354 e. The first-order valence-corrected chi connectivity index (χ1v) is 13.4. The monoisotopic (exact) mass is 530 g/mol. The summed E-state index contributed by atoms with van der Waals surface area (Å²) in [4.78, 5) is 50.9. The average molecular weight is 531 g/mol. The van der Waals surface area contributed by atoms with Crippen LogP contribution in [0.25, 0.3) is 0 Å². The molecule has 8 heteroatoms. The van der Waals surface area contributed by atoms with Crippen LogP contribution in [0.4, 0.5) is 0 Å². The molecule has 0 unspecified atom stereocenters. The van der Waals surface area contributed by atoms with E-state index in [1.54, 1.807) is 34.6 Å². The molecule has 3 amide bonds. The first-order chi connectivity index (χ1) is 17.3. The van der Waals surface area contributed by atoms with Crippen LogP contribution in [0.15, 0.2) is 30.3 Å². The van der Waals surface area contributed by atoms with Crippen LogP contribution in [0.5, 0.6) is 0 Å². The number of carbonyl (C=O) groups excluding carboxylic acids is 4. The van der Waals surface area contributed by atoms with Crippen molar-refractivity contribution in [2.75, 3.05) is 13.6 Å². The molecule has 0 saturated carbocycles. The lowest BCUT2D eigenvalue weighted by Crippen LogP contribution is -2.56. The van der Waals surface area contributed by atoms with Crippen LogP contribution in [0.1, 0.15) is 80.7 Å². The Morgan fingerprint density at radius 1 is 0.868 bits per heavy atom. The van der Waals surface area contributed by atoms with E-state index in [-0.39, 0.29) is 29.2 Å². The van der Waals surface area contributed by atoms with Crippen molar-refractivity contribution in [2.24, 2.45) is 16.2 Å². The van der Waals surface area contributed by atoms with Gasteiger partial charge in [0.15, 0.2) is 0 Å². The quantitative estimate of drug-likeness (QED) is 0.260. The molecule has 0 saturated heterocycles. The number of carbonyl (C=O) groups is 4. The second-order valence-corrected chi connectivity index (χ2v) is 13.3. The number of hydrogen-bond donors (Lipinski definition) is 4. The standard InChI is InChI=1S/C30H50N4O4/c1-21(24(36)32-19-27(2,3)18-30(8,9)31-10)33-25(37)23(16-22-14-12-11-13-15-22)34-26(38)29(6,7)17-28(4,5)20-35/h11-15,20-21,23,31H,16-19H2,1-10H3,(H,32,36)(H,33,37)(H,34,38)/t21-,23-/m0/s1. The minimum Gasteiger partial charge on any atom is -0.354 e. The van der Waals surface area contributed by atoms with Crippen molar-refractivity contribution in [2.45, 2.75) is 99.2 Å². The van der Waals surface area contributed by atoms with Crippen molar-refractivity contribution in [1.82, 2.24) is 21.3 Å². The third kappa shape index (κ3) is 11.3. The molecule has 0 aliphatic heterocycles. The number of nitrogens with one attached hydrogen (secondary N) is 4. The Hall–Kier alpha value is -2.74. The van der Waals surface area contributed by atoms with Crippen LogP contribution in [-0.2, 0) is 25.6 Å². The maximum absolute atomic E-state index is 13.3. The predicted octanol–water partition coefficient (Wildman–Crippen LogP) is 3.39. The summed E-state index contributed by atoms with van der Waals surface area (Å²) in [6, 6.07) is 7.73. The third-order valence-corrected chi connectivity index (χ3v) is 6.83. The summed E-state index contributed by atoms with van der Waals surface area (Å²) in [5, 5.41) is 11.9. The molecular formula is C30H50N4O4. The van der Waals surface area contributed by atoms with Crippen molar-refractivity contribution in [3.8, 4) is 0 Å².